The van der Waals surface area contributed by atoms with Crippen molar-refractivity contribution in [2.45, 2.75) is 5.50 Å². The molecule has 1 N–H and O–H groups in total. The SMILES string of the molecule is ClC1C=C(OCCOc2cccnc2)NC=N1. The maximum Gasteiger partial charge on any atom is 0.191 e. The molecule has 2 rings (SSSR count). The lowest BCUT2D eigenvalue weighted by Crippen LogP contribution is -2.21. The third-order valence-corrected chi connectivity index (χ3v) is 2.20. The van der Waals surface area contributed by atoms with Gasteiger partial charge in [0, 0.05) is 12.3 Å². The molecular weight excluding hydrogens is 242 g/mol. The van der Waals surface area contributed by atoms with Gasteiger partial charge in [-0.15, -0.1) is 0 Å². The lowest BCUT2D eigenvalue weighted by atomic mass is 10.5. The molecule has 90 valence electrons. The van der Waals surface area contributed by atoms with E-state index in [-0.39, 0.29) is 5.50 Å². The summed E-state index contributed by atoms with van der Waals surface area (Å²) in [7, 11) is 0. The van der Waals surface area contributed by atoms with Gasteiger partial charge in [-0.25, -0.2) is 0 Å². The number of nitrogens with one attached hydrogen (secondary N) is 1. The Balaban J connectivity index is 1.67. The molecule has 17 heavy (non-hydrogen) atoms. The molecule has 5 nitrogen and oxygen atoms in total. The number of ether oxygens (including phenoxy) is 2. The highest BCUT2D eigenvalue weighted by Gasteiger charge is 2.06. The molecule has 1 atom stereocenters. The van der Waals surface area contributed by atoms with Gasteiger partial charge in [-0.1, -0.05) is 11.6 Å². The zero-order valence-electron chi connectivity index (χ0n) is 9.04. The Morgan fingerprint density at radius 3 is 3.00 bits per heavy atom. The van der Waals surface area contributed by atoms with Gasteiger partial charge in [-0.05, 0) is 12.1 Å². The molecule has 0 radical (unpaired) electrons. The van der Waals surface area contributed by atoms with Crippen LogP contribution in [0.4, 0.5) is 0 Å². The molecule has 0 aromatic carbocycles. The van der Waals surface area contributed by atoms with Crippen LogP contribution in [-0.4, -0.2) is 30.0 Å². The summed E-state index contributed by atoms with van der Waals surface area (Å²) in [5.41, 5.74) is -0.370. The van der Waals surface area contributed by atoms with Crippen LogP contribution in [0.1, 0.15) is 0 Å². The number of hydrogen-bond donors (Lipinski definition) is 1. The first kappa shape index (κ1) is 11.7. The Morgan fingerprint density at radius 1 is 1.35 bits per heavy atom. The molecule has 0 spiro atoms. The van der Waals surface area contributed by atoms with E-state index in [0.29, 0.717) is 19.1 Å². The maximum atomic E-state index is 5.79. The van der Waals surface area contributed by atoms with Crippen LogP contribution in [0.2, 0.25) is 0 Å². The lowest BCUT2D eigenvalue weighted by Gasteiger charge is -2.14. The van der Waals surface area contributed by atoms with Crippen molar-refractivity contribution in [1.82, 2.24) is 10.3 Å². The van der Waals surface area contributed by atoms with Gasteiger partial charge < -0.3 is 14.8 Å². The summed E-state index contributed by atoms with van der Waals surface area (Å²) in [5.74, 6) is 1.31. The van der Waals surface area contributed by atoms with Crippen molar-refractivity contribution < 1.29 is 9.47 Å². The van der Waals surface area contributed by atoms with E-state index in [2.05, 4.69) is 15.3 Å². The fourth-order valence-electron chi connectivity index (χ4n) is 1.22. The molecular formula is C11H12ClN3O2. The largest absolute Gasteiger partial charge is 0.488 e. The molecule has 1 aromatic rings. The molecule has 0 fully saturated rings. The van der Waals surface area contributed by atoms with Crippen molar-refractivity contribution in [3.8, 4) is 5.75 Å². The van der Waals surface area contributed by atoms with E-state index in [1.54, 1.807) is 18.5 Å². The molecule has 0 saturated carbocycles. The number of hydrogen-bond acceptors (Lipinski definition) is 5. The van der Waals surface area contributed by atoms with Crippen molar-refractivity contribution in [3.05, 3.63) is 36.5 Å². The normalized spacial score (nSPS) is 18.2. The van der Waals surface area contributed by atoms with Crippen LogP contribution in [0.5, 0.6) is 5.75 Å². The predicted molar refractivity (Wildman–Crippen MR) is 65.0 cm³/mol. The first-order valence-electron chi connectivity index (χ1n) is 5.14. The van der Waals surface area contributed by atoms with Crippen molar-refractivity contribution in [3.63, 3.8) is 0 Å². The van der Waals surface area contributed by atoms with Crippen molar-refractivity contribution in [2.75, 3.05) is 13.2 Å². The summed E-state index contributed by atoms with van der Waals surface area (Å²) in [6.07, 6.45) is 6.54. The minimum absolute atomic E-state index is 0.370. The molecule has 0 saturated heterocycles. The van der Waals surface area contributed by atoms with Crippen LogP contribution in [0.15, 0.2) is 41.5 Å². The first-order valence-corrected chi connectivity index (χ1v) is 5.58. The van der Waals surface area contributed by atoms with Crippen LogP contribution in [0.25, 0.3) is 0 Å². The molecule has 0 bridgehead atoms. The number of rotatable bonds is 5. The van der Waals surface area contributed by atoms with E-state index in [9.17, 15) is 0 Å². The molecule has 0 amide bonds. The third-order valence-electron chi connectivity index (χ3n) is 1.96. The van der Waals surface area contributed by atoms with E-state index in [0.717, 1.165) is 5.75 Å². The Labute approximate surface area is 104 Å². The van der Waals surface area contributed by atoms with E-state index < -0.39 is 0 Å². The molecule has 1 aliphatic rings. The van der Waals surface area contributed by atoms with Crippen LogP contribution < -0.4 is 10.1 Å². The predicted octanol–water partition coefficient (Wildman–Crippen LogP) is 1.51. The smallest absolute Gasteiger partial charge is 0.191 e. The van der Waals surface area contributed by atoms with Gasteiger partial charge in [-0.3, -0.25) is 9.98 Å². The number of alkyl halides is 1. The fraction of sp³-hybridized carbons (Fsp3) is 0.273. The van der Waals surface area contributed by atoms with Crippen LogP contribution in [-0.2, 0) is 4.74 Å². The van der Waals surface area contributed by atoms with Crippen LogP contribution in [0.3, 0.4) is 0 Å². The van der Waals surface area contributed by atoms with E-state index in [4.69, 9.17) is 21.1 Å². The summed E-state index contributed by atoms with van der Waals surface area (Å²) in [6, 6.07) is 3.66. The van der Waals surface area contributed by atoms with Crippen molar-refractivity contribution in [2.24, 2.45) is 4.99 Å². The maximum absolute atomic E-state index is 5.79. The topological polar surface area (TPSA) is 55.7 Å². The van der Waals surface area contributed by atoms with E-state index >= 15 is 0 Å². The Hall–Kier alpha value is -1.75. The molecule has 6 heteroatoms. The molecule has 2 heterocycles. The molecule has 1 aliphatic heterocycles. The van der Waals surface area contributed by atoms with Crippen molar-refractivity contribution >= 4 is 17.9 Å². The number of pyridine rings is 1. The lowest BCUT2D eigenvalue weighted by molar-refractivity contribution is 0.148. The number of aliphatic imine (C=N–C) groups is 1. The third kappa shape index (κ3) is 3.96. The Bertz CT molecular complexity index is 408. The second kappa shape index (κ2) is 6.10. The van der Waals surface area contributed by atoms with Gasteiger partial charge in [0.1, 0.15) is 24.5 Å². The average Bonchev–Trinajstić information content (AvgIpc) is 2.36. The van der Waals surface area contributed by atoms with Gasteiger partial charge in [-0.2, -0.15) is 0 Å². The van der Waals surface area contributed by atoms with Gasteiger partial charge >= 0.3 is 0 Å². The first-order chi connectivity index (χ1) is 8.34. The zero-order chi connectivity index (χ0) is 11.9. The van der Waals surface area contributed by atoms with Crippen LogP contribution in [0, 0.1) is 0 Å². The van der Waals surface area contributed by atoms with Gasteiger partial charge in [0.2, 0.25) is 0 Å². The summed E-state index contributed by atoms with van der Waals surface area (Å²) in [6.45, 7) is 0.861. The Kier molecular flexibility index (Phi) is 4.21. The van der Waals surface area contributed by atoms with Gasteiger partial charge in [0.05, 0.1) is 12.5 Å². The summed E-state index contributed by atoms with van der Waals surface area (Å²) in [5, 5.41) is 2.84. The number of aromatic nitrogens is 1. The summed E-state index contributed by atoms with van der Waals surface area (Å²) >= 11 is 5.79. The molecule has 0 aliphatic carbocycles. The second-order valence-electron chi connectivity index (χ2n) is 3.21. The number of halogens is 1. The summed E-state index contributed by atoms with van der Waals surface area (Å²) in [4.78, 5) is 7.83. The standard InChI is InChI=1S/C11H12ClN3O2/c12-10-6-11(15-8-14-10)17-5-4-16-9-2-1-3-13-7-9/h1-3,6-8,10H,4-5H2,(H,14,15). The highest BCUT2D eigenvalue weighted by molar-refractivity contribution is 6.22. The van der Waals surface area contributed by atoms with E-state index in [1.165, 1.54) is 6.34 Å². The Morgan fingerprint density at radius 2 is 2.24 bits per heavy atom. The van der Waals surface area contributed by atoms with E-state index in [1.807, 2.05) is 12.1 Å². The fourth-order valence-corrected chi connectivity index (χ4v) is 1.39. The molecule has 1 unspecified atom stereocenters. The highest BCUT2D eigenvalue weighted by Crippen LogP contribution is 2.08. The van der Waals surface area contributed by atoms with Gasteiger partial charge in [0.15, 0.2) is 5.88 Å². The summed E-state index contributed by atoms with van der Waals surface area (Å²) < 4.78 is 10.8. The van der Waals surface area contributed by atoms with Crippen molar-refractivity contribution in [1.29, 1.82) is 0 Å². The number of nitrogens with zero attached hydrogens (tertiary/aromatic N) is 2. The molecule has 1 aromatic heterocycles. The quantitative estimate of drug-likeness (QED) is 0.491. The monoisotopic (exact) mass is 253 g/mol. The minimum Gasteiger partial charge on any atom is -0.488 e. The zero-order valence-corrected chi connectivity index (χ0v) is 9.80. The highest BCUT2D eigenvalue weighted by atomic mass is 35.5. The second-order valence-corrected chi connectivity index (χ2v) is 3.66. The minimum atomic E-state index is -0.370. The van der Waals surface area contributed by atoms with Gasteiger partial charge in [0.25, 0.3) is 0 Å². The average molecular weight is 254 g/mol. The van der Waals surface area contributed by atoms with Crippen LogP contribution >= 0.6 is 11.6 Å².